The van der Waals surface area contributed by atoms with Crippen LogP contribution in [0.1, 0.15) is 25.7 Å². The average molecular weight is 234 g/mol. The minimum Gasteiger partial charge on any atom is -0.328 e. The van der Waals surface area contributed by atoms with Gasteiger partial charge in [0.2, 0.25) is 0 Å². The lowest BCUT2D eigenvalue weighted by molar-refractivity contribution is 0.0882. The van der Waals surface area contributed by atoms with Crippen LogP contribution in [0.15, 0.2) is 0 Å². The molecule has 15 heavy (non-hydrogen) atoms. The number of likely N-dealkylation sites (N-methyl/N-ethyl adjacent to an activating group) is 1. The molecule has 4 heteroatoms. The molecule has 0 aromatic heterocycles. The Bertz CT molecular complexity index is 153. The summed E-state index contributed by atoms with van der Waals surface area (Å²) in [5.74, 6) is 0. The minimum absolute atomic E-state index is 0. The van der Waals surface area contributed by atoms with Crippen molar-refractivity contribution in [2.45, 2.75) is 37.8 Å². The van der Waals surface area contributed by atoms with Crippen LogP contribution in [0.4, 0.5) is 0 Å². The van der Waals surface area contributed by atoms with Crippen molar-refractivity contribution in [1.82, 2.24) is 9.80 Å². The molecule has 0 atom stereocenters. The van der Waals surface area contributed by atoms with E-state index in [4.69, 9.17) is 5.73 Å². The third kappa shape index (κ3) is 3.59. The average Bonchev–Trinajstić information content (AvgIpc) is 2.21. The molecule has 1 aliphatic heterocycles. The van der Waals surface area contributed by atoms with Crippen molar-refractivity contribution in [3.63, 3.8) is 0 Å². The molecule has 0 radical (unpaired) electrons. The van der Waals surface area contributed by atoms with E-state index in [1.807, 2.05) is 0 Å². The van der Waals surface area contributed by atoms with E-state index >= 15 is 0 Å². The molecule has 1 heterocycles. The van der Waals surface area contributed by atoms with Crippen LogP contribution in [0.3, 0.4) is 0 Å². The molecule has 0 unspecified atom stereocenters. The summed E-state index contributed by atoms with van der Waals surface area (Å²) in [6, 6.07) is 1.32. The summed E-state index contributed by atoms with van der Waals surface area (Å²) >= 11 is 0. The number of halogens is 1. The number of piperazine rings is 1. The Balaban J connectivity index is 0.00000112. The second-order valence-corrected chi connectivity index (χ2v) is 4.91. The molecule has 0 amide bonds. The van der Waals surface area contributed by atoms with E-state index < -0.39 is 0 Å². The van der Waals surface area contributed by atoms with Gasteiger partial charge in [-0.15, -0.1) is 12.4 Å². The summed E-state index contributed by atoms with van der Waals surface area (Å²) in [5, 5.41) is 0. The minimum atomic E-state index is 0. The zero-order chi connectivity index (χ0) is 9.97. The zero-order valence-corrected chi connectivity index (χ0v) is 10.5. The maximum absolute atomic E-state index is 5.92. The number of hydrogen-bond donors (Lipinski definition) is 1. The Hall–Kier alpha value is 0.170. The lowest BCUT2D eigenvalue weighted by Gasteiger charge is -2.40. The summed E-state index contributed by atoms with van der Waals surface area (Å²) in [4.78, 5) is 5.09. The molecule has 1 saturated heterocycles. The number of nitrogens with two attached hydrogens (primary N) is 1. The molecule has 2 fully saturated rings. The maximum Gasteiger partial charge on any atom is 0.0113 e. The maximum atomic E-state index is 5.92. The molecule has 0 bridgehead atoms. The fourth-order valence-corrected chi connectivity index (χ4v) is 2.65. The van der Waals surface area contributed by atoms with Gasteiger partial charge in [-0.2, -0.15) is 0 Å². The first kappa shape index (κ1) is 13.2. The molecular formula is C11H24ClN3. The molecule has 1 saturated carbocycles. The topological polar surface area (TPSA) is 32.5 Å². The highest BCUT2D eigenvalue weighted by molar-refractivity contribution is 5.85. The van der Waals surface area contributed by atoms with Crippen LogP contribution in [-0.2, 0) is 0 Å². The predicted octanol–water partition coefficient (Wildman–Crippen LogP) is 0.925. The van der Waals surface area contributed by atoms with Crippen molar-refractivity contribution in [3.8, 4) is 0 Å². The van der Waals surface area contributed by atoms with Crippen molar-refractivity contribution in [2.75, 3.05) is 33.2 Å². The summed E-state index contributed by atoms with van der Waals surface area (Å²) < 4.78 is 0. The Morgan fingerprint density at radius 3 is 2.00 bits per heavy atom. The third-order valence-electron chi connectivity index (χ3n) is 3.80. The van der Waals surface area contributed by atoms with Crippen LogP contribution in [0, 0.1) is 0 Å². The van der Waals surface area contributed by atoms with Crippen LogP contribution in [-0.4, -0.2) is 55.1 Å². The van der Waals surface area contributed by atoms with Crippen LogP contribution < -0.4 is 5.73 Å². The van der Waals surface area contributed by atoms with E-state index in [0.717, 1.165) is 6.04 Å². The van der Waals surface area contributed by atoms with E-state index in [1.165, 1.54) is 51.9 Å². The second kappa shape index (κ2) is 6.04. The molecule has 2 N–H and O–H groups in total. The van der Waals surface area contributed by atoms with Gasteiger partial charge in [0, 0.05) is 38.3 Å². The van der Waals surface area contributed by atoms with Crippen molar-refractivity contribution in [3.05, 3.63) is 0 Å². The number of rotatable bonds is 1. The van der Waals surface area contributed by atoms with E-state index in [1.54, 1.807) is 0 Å². The Morgan fingerprint density at radius 2 is 1.47 bits per heavy atom. The summed E-state index contributed by atoms with van der Waals surface area (Å²) in [7, 11) is 2.22. The fourth-order valence-electron chi connectivity index (χ4n) is 2.65. The summed E-state index contributed by atoms with van der Waals surface area (Å²) in [5.41, 5.74) is 5.92. The van der Waals surface area contributed by atoms with Crippen molar-refractivity contribution >= 4 is 12.4 Å². The highest BCUT2D eigenvalue weighted by Crippen LogP contribution is 2.22. The molecule has 3 nitrogen and oxygen atoms in total. The Morgan fingerprint density at radius 1 is 0.933 bits per heavy atom. The van der Waals surface area contributed by atoms with Gasteiger partial charge in [-0.1, -0.05) is 0 Å². The zero-order valence-electron chi connectivity index (χ0n) is 9.69. The van der Waals surface area contributed by atoms with E-state index in [2.05, 4.69) is 16.8 Å². The molecule has 0 spiro atoms. The standard InChI is InChI=1S/C11H23N3.ClH/c1-13-6-8-14(9-7-13)11-4-2-10(12)3-5-11;/h10-11H,2-9,12H2,1H3;1H. The lowest BCUT2D eigenvalue weighted by Crippen LogP contribution is -2.50. The van der Waals surface area contributed by atoms with Gasteiger partial charge >= 0.3 is 0 Å². The van der Waals surface area contributed by atoms with Crippen molar-refractivity contribution in [2.24, 2.45) is 5.73 Å². The Kier molecular flexibility index (Phi) is 5.33. The third-order valence-corrected chi connectivity index (χ3v) is 3.80. The van der Waals surface area contributed by atoms with Crippen LogP contribution >= 0.6 is 12.4 Å². The van der Waals surface area contributed by atoms with Gasteiger partial charge in [0.1, 0.15) is 0 Å². The van der Waals surface area contributed by atoms with Gasteiger partial charge in [0.15, 0.2) is 0 Å². The fraction of sp³-hybridized carbons (Fsp3) is 1.00. The van der Waals surface area contributed by atoms with E-state index in [9.17, 15) is 0 Å². The first-order chi connectivity index (χ1) is 6.75. The summed E-state index contributed by atoms with van der Waals surface area (Å²) in [6.07, 6.45) is 5.11. The van der Waals surface area contributed by atoms with E-state index in [-0.39, 0.29) is 12.4 Å². The second-order valence-electron chi connectivity index (χ2n) is 4.91. The SMILES string of the molecule is CN1CCN(C2CCC(N)CC2)CC1.Cl. The molecule has 2 aliphatic rings. The number of nitrogens with zero attached hydrogens (tertiary/aromatic N) is 2. The molecule has 0 aromatic carbocycles. The van der Waals surface area contributed by atoms with Crippen molar-refractivity contribution < 1.29 is 0 Å². The van der Waals surface area contributed by atoms with Crippen LogP contribution in [0.5, 0.6) is 0 Å². The first-order valence-electron chi connectivity index (χ1n) is 5.94. The van der Waals surface area contributed by atoms with E-state index in [0.29, 0.717) is 6.04 Å². The quantitative estimate of drug-likeness (QED) is 0.732. The smallest absolute Gasteiger partial charge is 0.0113 e. The van der Waals surface area contributed by atoms with Gasteiger partial charge in [-0.3, -0.25) is 4.90 Å². The predicted molar refractivity (Wildman–Crippen MR) is 66.5 cm³/mol. The normalized spacial score (nSPS) is 34.8. The van der Waals surface area contributed by atoms with Gasteiger partial charge < -0.3 is 10.6 Å². The largest absolute Gasteiger partial charge is 0.328 e. The summed E-state index contributed by atoms with van der Waals surface area (Å²) in [6.45, 7) is 5.00. The van der Waals surface area contributed by atoms with Crippen molar-refractivity contribution in [1.29, 1.82) is 0 Å². The molecule has 90 valence electrons. The molecule has 1 aliphatic carbocycles. The number of hydrogen-bond acceptors (Lipinski definition) is 3. The highest BCUT2D eigenvalue weighted by atomic mass is 35.5. The lowest BCUT2D eigenvalue weighted by atomic mass is 9.90. The molecular weight excluding hydrogens is 210 g/mol. The molecule has 2 rings (SSSR count). The monoisotopic (exact) mass is 233 g/mol. The van der Waals surface area contributed by atoms with Gasteiger partial charge in [0.25, 0.3) is 0 Å². The molecule has 0 aromatic rings. The van der Waals surface area contributed by atoms with Gasteiger partial charge in [-0.05, 0) is 32.7 Å². The Labute approximate surface area is 99.4 Å². The van der Waals surface area contributed by atoms with Gasteiger partial charge in [0.05, 0.1) is 0 Å². The van der Waals surface area contributed by atoms with Crippen LogP contribution in [0.2, 0.25) is 0 Å². The van der Waals surface area contributed by atoms with Crippen LogP contribution in [0.25, 0.3) is 0 Å². The highest BCUT2D eigenvalue weighted by Gasteiger charge is 2.25. The first-order valence-corrected chi connectivity index (χ1v) is 5.94. The van der Waals surface area contributed by atoms with Gasteiger partial charge in [-0.25, -0.2) is 0 Å².